The van der Waals surface area contributed by atoms with Crippen LogP contribution in [0.5, 0.6) is 0 Å². The first-order valence-corrected chi connectivity index (χ1v) is 10.2. The summed E-state index contributed by atoms with van der Waals surface area (Å²) in [6, 6.07) is 6.49. The Morgan fingerprint density at radius 2 is 1.96 bits per heavy atom. The van der Waals surface area contributed by atoms with Gasteiger partial charge in [-0.15, -0.1) is 0 Å². The van der Waals surface area contributed by atoms with Crippen LogP contribution >= 0.6 is 0 Å². The van der Waals surface area contributed by atoms with E-state index >= 15 is 0 Å². The van der Waals surface area contributed by atoms with Gasteiger partial charge in [-0.1, -0.05) is 32.9 Å². The molecule has 1 N–H and O–H groups in total. The van der Waals surface area contributed by atoms with Crippen LogP contribution in [0.25, 0.3) is 0 Å². The summed E-state index contributed by atoms with van der Waals surface area (Å²) < 4.78 is 27.2. The maximum atomic E-state index is 12.9. The van der Waals surface area contributed by atoms with Crippen LogP contribution in [0.15, 0.2) is 29.2 Å². The lowest BCUT2D eigenvalue weighted by Crippen LogP contribution is -2.46. The van der Waals surface area contributed by atoms with Crippen molar-refractivity contribution in [2.45, 2.75) is 63.3 Å². The van der Waals surface area contributed by atoms with Gasteiger partial charge in [0, 0.05) is 13.1 Å². The van der Waals surface area contributed by atoms with Gasteiger partial charge in [-0.25, -0.2) is 8.42 Å². The third-order valence-corrected chi connectivity index (χ3v) is 6.65. The van der Waals surface area contributed by atoms with Gasteiger partial charge in [0.1, 0.15) is 6.04 Å². The fourth-order valence-electron chi connectivity index (χ4n) is 3.00. The Kier molecular flexibility index (Phi) is 6.40. The molecule has 1 aromatic carbocycles. The van der Waals surface area contributed by atoms with E-state index in [0.717, 1.165) is 18.4 Å². The molecule has 0 aliphatic carbocycles. The molecule has 0 bridgehead atoms. The summed E-state index contributed by atoms with van der Waals surface area (Å²) in [7, 11) is -3.63. The Morgan fingerprint density at radius 3 is 2.54 bits per heavy atom. The minimum Gasteiger partial charge on any atom is -0.355 e. The van der Waals surface area contributed by atoms with Gasteiger partial charge in [-0.05, 0) is 49.3 Å². The van der Waals surface area contributed by atoms with Crippen molar-refractivity contribution in [3.63, 3.8) is 0 Å². The van der Waals surface area contributed by atoms with E-state index in [1.165, 1.54) is 4.31 Å². The maximum absolute atomic E-state index is 12.9. The number of hydrogen-bond acceptors (Lipinski definition) is 3. The average molecular weight is 353 g/mol. The Labute approximate surface area is 145 Å². The van der Waals surface area contributed by atoms with Gasteiger partial charge >= 0.3 is 0 Å². The summed E-state index contributed by atoms with van der Waals surface area (Å²) in [4.78, 5) is 12.5. The highest BCUT2D eigenvalue weighted by Crippen LogP contribution is 2.27. The number of rotatable bonds is 7. The zero-order valence-electron chi connectivity index (χ0n) is 14.8. The molecule has 134 valence electrons. The topological polar surface area (TPSA) is 66.5 Å². The number of amides is 1. The number of carbonyl (C=O) groups excluding carboxylic acids is 1. The lowest BCUT2D eigenvalue weighted by Gasteiger charge is -2.23. The molecule has 0 unspecified atom stereocenters. The van der Waals surface area contributed by atoms with Crippen LogP contribution in [-0.2, 0) is 14.8 Å². The highest BCUT2D eigenvalue weighted by molar-refractivity contribution is 7.89. The quantitative estimate of drug-likeness (QED) is 0.820. The molecule has 1 fully saturated rings. The summed E-state index contributed by atoms with van der Waals surface area (Å²) >= 11 is 0. The molecule has 5 nitrogen and oxygen atoms in total. The van der Waals surface area contributed by atoms with E-state index in [1.54, 1.807) is 12.1 Å². The Morgan fingerprint density at radius 1 is 1.29 bits per heavy atom. The van der Waals surface area contributed by atoms with Crippen LogP contribution in [-0.4, -0.2) is 37.8 Å². The molecule has 1 saturated heterocycles. The number of nitrogens with one attached hydrogen (secondary N) is 1. The van der Waals surface area contributed by atoms with Gasteiger partial charge < -0.3 is 5.32 Å². The minimum absolute atomic E-state index is 0.186. The largest absolute Gasteiger partial charge is 0.355 e. The molecule has 24 heavy (non-hydrogen) atoms. The standard InChI is InChI=1S/C18H28N2O3S/c1-4-12-19-18(21)17-7-6-13-20(17)24(22,23)16-10-8-15(9-11-16)14(3)5-2/h8-11,14,17H,4-7,12-13H2,1-3H3,(H,19,21)/t14-,17+/m0/s1. The van der Waals surface area contributed by atoms with E-state index in [4.69, 9.17) is 0 Å². The smallest absolute Gasteiger partial charge is 0.243 e. The normalized spacial score (nSPS) is 20.0. The molecule has 1 aromatic rings. The first kappa shape index (κ1) is 18.9. The summed E-state index contributed by atoms with van der Waals surface area (Å²) in [5, 5.41) is 2.81. The Balaban J connectivity index is 2.20. The maximum Gasteiger partial charge on any atom is 0.243 e. The fraction of sp³-hybridized carbons (Fsp3) is 0.611. The van der Waals surface area contributed by atoms with Crippen LogP contribution in [0.3, 0.4) is 0 Å². The van der Waals surface area contributed by atoms with E-state index in [1.807, 2.05) is 19.1 Å². The zero-order chi connectivity index (χ0) is 17.7. The van der Waals surface area contributed by atoms with E-state index in [9.17, 15) is 13.2 Å². The minimum atomic E-state index is -3.63. The van der Waals surface area contributed by atoms with Gasteiger partial charge in [-0.3, -0.25) is 4.79 Å². The first-order valence-electron chi connectivity index (χ1n) is 8.81. The fourth-order valence-corrected chi connectivity index (χ4v) is 4.65. The first-order chi connectivity index (χ1) is 11.4. The number of benzene rings is 1. The van der Waals surface area contributed by atoms with E-state index in [0.29, 0.717) is 31.8 Å². The van der Waals surface area contributed by atoms with Crippen molar-refractivity contribution in [1.82, 2.24) is 9.62 Å². The van der Waals surface area contributed by atoms with E-state index < -0.39 is 16.1 Å². The summed E-state index contributed by atoms with van der Waals surface area (Å²) in [6.07, 6.45) is 3.15. The molecule has 0 spiro atoms. The molecule has 6 heteroatoms. The van der Waals surface area contributed by atoms with Crippen molar-refractivity contribution < 1.29 is 13.2 Å². The van der Waals surface area contributed by atoms with Crippen LogP contribution in [0.1, 0.15) is 57.9 Å². The van der Waals surface area contributed by atoms with E-state index in [2.05, 4.69) is 19.2 Å². The number of hydrogen-bond donors (Lipinski definition) is 1. The molecule has 1 heterocycles. The van der Waals surface area contributed by atoms with Crippen molar-refractivity contribution in [3.8, 4) is 0 Å². The highest BCUT2D eigenvalue weighted by Gasteiger charge is 2.39. The van der Waals surface area contributed by atoms with Gasteiger partial charge in [0.05, 0.1) is 4.90 Å². The Hall–Kier alpha value is -1.40. The predicted octanol–water partition coefficient (Wildman–Crippen LogP) is 2.88. The summed E-state index contributed by atoms with van der Waals surface area (Å²) in [5.41, 5.74) is 1.13. The molecule has 2 rings (SSSR count). The van der Waals surface area contributed by atoms with E-state index in [-0.39, 0.29) is 10.8 Å². The number of sulfonamides is 1. The molecule has 2 atom stereocenters. The van der Waals surface area contributed by atoms with Gasteiger partial charge in [0.15, 0.2) is 0 Å². The number of nitrogens with zero attached hydrogens (tertiary/aromatic N) is 1. The van der Waals surface area contributed by atoms with Crippen LogP contribution in [0, 0.1) is 0 Å². The third-order valence-electron chi connectivity index (χ3n) is 4.72. The summed E-state index contributed by atoms with van der Waals surface area (Å²) in [6.45, 7) is 7.19. The van der Waals surface area contributed by atoms with Crippen LogP contribution in [0.2, 0.25) is 0 Å². The highest BCUT2D eigenvalue weighted by atomic mass is 32.2. The van der Waals surface area contributed by atoms with Crippen molar-refractivity contribution in [3.05, 3.63) is 29.8 Å². The van der Waals surface area contributed by atoms with Crippen molar-refractivity contribution in [2.75, 3.05) is 13.1 Å². The summed E-state index contributed by atoms with van der Waals surface area (Å²) in [5.74, 6) is 0.218. The van der Waals surface area contributed by atoms with Gasteiger partial charge in [0.2, 0.25) is 15.9 Å². The van der Waals surface area contributed by atoms with Crippen molar-refractivity contribution in [1.29, 1.82) is 0 Å². The predicted molar refractivity (Wildman–Crippen MR) is 95.4 cm³/mol. The van der Waals surface area contributed by atoms with Crippen molar-refractivity contribution >= 4 is 15.9 Å². The second-order valence-electron chi connectivity index (χ2n) is 6.44. The molecule has 1 aliphatic heterocycles. The Bertz CT molecular complexity index is 655. The lowest BCUT2D eigenvalue weighted by atomic mass is 9.99. The second-order valence-corrected chi connectivity index (χ2v) is 8.33. The molecule has 1 amide bonds. The molecule has 1 aliphatic rings. The van der Waals surface area contributed by atoms with Crippen LogP contribution < -0.4 is 5.32 Å². The van der Waals surface area contributed by atoms with Crippen molar-refractivity contribution in [2.24, 2.45) is 0 Å². The third kappa shape index (κ3) is 3.98. The SMILES string of the molecule is CCCNC(=O)[C@H]1CCCN1S(=O)(=O)c1ccc([C@@H](C)CC)cc1. The van der Waals surface area contributed by atoms with Gasteiger partial charge in [-0.2, -0.15) is 4.31 Å². The molecule has 0 aromatic heterocycles. The molecular formula is C18H28N2O3S. The molecule has 0 saturated carbocycles. The lowest BCUT2D eigenvalue weighted by molar-refractivity contribution is -0.124. The monoisotopic (exact) mass is 352 g/mol. The number of carbonyl (C=O) groups is 1. The van der Waals surface area contributed by atoms with Gasteiger partial charge in [0.25, 0.3) is 0 Å². The molecule has 0 radical (unpaired) electrons. The zero-order valence-corrected chi connectivity index (χ0v) is 15.6. The average Bonchev–Trinajstić information content (AvgIpc) is 3.09. The second kappa shape index (κ2) is 8.12. The van der Waals surface area contributed by atoms with Crippen LogP contribution in [0.4, 0.5) is 0 Å². The molecular weight excluding hydrogens is 324 g/mol.